The van der Waals surface area contributed by atoms with Crippen LogP contribution in [0, 0.1) is 0 Å². The lowest BCUT2D eigenvalue weighted by Gasteiger charge is -2.18. The summed E-state index contributed by atoms with van der Waals surface area (Å²) in [6.07, 6.45) is -1.97. The molecule has 0 aliphatic heterocycles. The summed E-state index contributed by atoms with van der Waals surface area (Å²) in [7, 11) is -1.23. The first-order valence-electron chi connectivity index (χ1n) is 11.0. The number of anilines is 1. The molecule has 2 N–H and O–H groups in total. The topological polar surface area (TPSA) is 92.3 Å². The highest BCUT2D eigenvalue weighted by molar-refractivity contribution is 7.84. The maximum absolute atomic E-state index is 13.6. The van der Waals surface area contributed by atoms with Gasteiger partial charge in [-0.1, -0.05) is 48.5 Å². The number of ketones is 1. The zero-order valence-corrected chi connectivity index (χ0v) is 20.5. The molecule has 192 valence electrons. The lowest BCUT2D eigenvalue weighted by molar-refractivity contribution is -0.169. The number of rotatable bonds is 9. The number of allylic oxidation sites excluding steroid dienone is 1. The number of alkyl halides is 3. The molecule has 0 saturated heterocycles. The fraction of sp³-hybridized carbons (Fsp3) is 0.148. The zero-order chi connectivity index (χ0) is 27.2. The molecule has 3 rings (SSSR count). The number of hydrogen-bond donors (Lipinski definition) is 2. The summed E-state index contributed by atoms with van der Waals surface area (Å²) >= 11 is 0. The highest BCUT2D eigenvalue weighted by Crippen LogP contribution is 2.30. The Labute approximate surface area is 214 Å². The maximum Gasteiger partial charge on any atom is 0.451 e. The summed E-state index contributed by atoms with van der Waals surface area (Å²) in [5.74, 6) is -3.82. The van der Waals surface area contributed by atoms with Gasteiger partial charge in [-0.3, -0.25) is 18.6 Å². The largest absolute Gasteiger partial charge is 0.451 e. The second-order valence-electron chi connectivity index (χ2n) is 7.92. The third-order valence-corrected chi connectivity index (χ3v) is 6.30. The van der Waals surface area contributed by atoms with E-state index in [-0.39, 0.29) is 17.5 Å². The molecule has 0 spiro atoms. The van der Waals surface area contributed by atoms with Gasteiger partial charge >= 0.3 is 6.18 Å². The minimum absolute atomic E-state index is 0.0781. The quantitative estimate of drug-likeness (QED) is 0.385. The van der Waals surface area contributed by atoms with Crippen LogP contribution < -0.4 is 10.6 Å². The summed E-state index contributed by atoms with van der Waals surface area (Å²) in [6.45, 7) is 2.37. The van der Waals surface area contributed by atoms with Crippen molar-refractivity contribution in [2.24, 2.45) is 0 Å². The molecule has 0 aromatic heterocycles. The van der Waals surface area contributed by atoms with Gasteiger partial charge in [0.15, 0.2) is 0 Å². The molecule has 2 amide bonds. The SMILES string of the molecule is C=CCc1ccc(-c2ccccc2)c(C(=O)Nc2ccc(S(C)=O)cc2)c1C(=O)NCC(=O)C(F)(F)F. The lowest BCUT2D eigenvalue weighted by Crippen LogP contribution is -2.38. The van der Waals surface area contributed by atoms with Crippen LogP contribution >= 0.6 is 0 Å². The van der Waals surface area contributed by atoms with Crippen LogP contribution in [0.3, 0.4) is 0 Å². The molecule has 3 aromatic rings. The maximum atomic E-state index is 13.6. The minimum Gasteiger partial charge on any atom is -0.345 e. The van der Waals surface area contributed by atoms with Crippen LogP contribution in [0.2, 0.25) is 0 Å². The Bertz CT molecular complexity index is 1350. The van der Waals surface area contributed by atoms with E-state index in [2.05, 4.69) is 11.9 Å². The van der Waals surface area contributed by atoms with Gasteiger partial charge in [0.1, 0.15) is 0 Å². The number of halogens is 3. The molecule has 1 atom stereocenters. The summed E-state index contributed by atoms with van der Waals surface area (Å²) in [5.41, 5.74) is 1.41. The van der Waals surface area contributed by atoms with E-state index in [1.165, 1.54) is 12.3 Å². The number of hydrogen-bond acceptors (Lipinski definition) is 4. The van der Waals surface area contributed by atoms with E-state index in [4.69, 9.17) is 0 Å². The summed E-state index contributed by atoms with van der Waals surface area (Å²) in [5, 5.41) is 4.70. The first-order chi connectivity index (χ1) is 17.5. The average molecular weight is 529 g/mol. The van der Waals surface area contributed by atoms with Gasteiger partial charge in [-0.05, 0) is 47.4 Å². The number of carbonyl (C=O) groups is 3. The summed E-state index contributed by atoms with van der Waals surface area (Å²) < 4.78 is 49.8. The minimum atomic E-state index is -5.11. The van der Waals surface area contributed by atoms with E-state index in [1.807, 2.05) is 5.32 Å². The first kappa shape index (κ1) is 27.5. The van der Waals surface area contributed by atoms with Crippen molar-refractivity contribution in [3.63, 3.8) is 0 Å². The van der Waals surface area contributed by atoms with Gasteiger partial charge in [0, 0.05) is 27.6 Å². The first-order valence-corrected chi connectivity index (χ1v) is 12.5. The Morgan fingerprint density at radius 2 is 1.57 bits per heavy atom. The van der Waals surface area contributed by atoms with E-state index in [9.17, 15) is 31.8 Å². The Morgan fingerprint density at radius 1 is 0.919 bits per heavy atom. The van der Waals surface area contributed by atoms with Crippen LogP contribution in [0.5, 0.6) is 0 Å². The number of Topliss-reactive ketones (excluding diaryl/α,β-unsaturated/α-hetero) is 1. The second kappa shape index (κ2) is 11.8. The molecule has 0 aliphatic rings. The number of nitrogens with one attached hydrogen (secondary N) is 2. The molecule has 1 unspecified atom stereocenters. The van der Waals surface area contributed by atoms with Gasteiger partial charge in [-0.15, -0.1) is 6.58 Å². The van der Waals surface area contributed by atoms with E-state index in [1.54, 1.807) is 66.7 Å². The third kappa shape index (κ3) is 6.79. The van der Waals surface area contributed by atoms with Crippen molar-refractivity contribution in [3.05, 3.63) is 96.1 Å². The predicted molar refractivity (Wildman–Crippen MR) is 136 cm³/mol. The number of benzene rings is 3. The Morgan fingerprint density at radius 3 is 2.14 bits per heavy atom. The zero-order valence-electron chi connectivity index (χ0n) is 19.7. The van der Waals surface area contributed by atoms with Crippen LogP contribution in [0.1, 0.15) is 26.3 Å². The Balaban J connectivity index is 2.12. The van der Waals surface area contributed by atoms with Crippen molar-refractivity contribution in [2.45, 2.75) is 17.5 Å². The van der Waals surface area contributed by atoms with Gasteiger partial charge in [-0.2, -0.15) is 13.2 Å². The van der Waals surface area contributed by atoms with Crippen LogP contribution in [0.4, 0.5) is 18.9 Å². The van der Waals surface area contributed by atoms with Crippen molar-refractivity contribution in [3.8, 4) is 11.1 Å². The smallest absolute Gasteiger partial charge is 0.345 e. The molecule has 6 nitrogen and oxygen atoms in total. The van der Waals surface area contributed by atoms with Gasteiger partial charge in [0.2, 0.25) is 0 Å². The normalized spacial score (nSPS) is 11.9. The van der Waals surface area contributed by atoms with Crippen molar-refractivity contribution in [2.75, 3.05) is 18.1 Å². The molecule has 10 heteroatoms. The predicted octanol–water partition coefficient (Wildman–Crippen LogP) is 4.93. The van der Waals surface area contributed by atoms with Crippen LogP contribution in [0.25, 0.3) is 11.1 Å². The highest BCUT2D eigenvalue weighted by Gasteiger charge is 2.38. The molecule has 0 radical (unpaired) electrons. The van der Waals surface area contributed by atoms with Gasteiger partial charge in [-0.25, -0.2) is 0 Å². The fourth-order valence-electron chi connectivity index (χ4n) is 3.60. The fourth-order valence-corrected chi connectivity index (χ4v) is 4.12. The molecule has 37 heavy (non-hydrogen) atoms. The molecular formula is C27H23F3N2O4S. The average Bonchev–Trinajstić information content (AvgIpc) is 2.87. The highest BCUT2D eigenvalue weighted by atomic mass is 32.2. The van der Waals surface area contributed by atoms with E-state index >= 15 is 0 Å². The van der Waals surface area contributed by atoms with Crippen LogP contribution in [-0.4, -0.2) is 40.8 Å². The van der Waals surface area contributed by atoms with Gasteiger partial charge in [0.25, 0.3) is 17.6 Å². The molecule has 0 aliphatic carbocycles. The monoisotopic (exact) mass is 528 g/mol. The second-order valence-corrected chi connectivity index (χ2v) is 9.30. The third-order valence-electron chi connectivity index (χ3n) is 5.36. The summed E-state index contributed by atoms with van der Waals surface area (Å²) in [6, 6.07) is 18.2. The lowest BCUT2D eigenvalue weighted by atomic mass is 9.89. The molecule has 0 fully saturated rings. The molecule has 0 heterocycles. The van der Waals surface area contributed by atoms with E-state index in [0.29, 0.717) is 27.3 Å². The molecule has 3 aromatic carbocycles. The molecular weight excluding hydrogens is 505 g/mol. The standard InChI is InChI=1S/C27H23F3N2O4S/c1-3-7-18-10-15-21(17-8-5-4-6-9-17)24(23(18)25(34)31-16-22(33)27(28,29)30)26(35)32-19-11-13-20(14-12-19)37(2)36/h3-6,8-15H,1,7,16H2,2H3,(H,31,34)(H,32,35). The molecule has 0 saturated carbocycles. The van der Waals surface area contributed by atoms with Crippen molar-refractivity contribution >= 4 is 34.1 Å². The van der Waals surface area contributed by atoms with Crippen molar-refractivity contribution in [1.29, 1.82) is 0 Å². The van der Waals surface area contributed by atoms with Gasteiger partial charge in [0.05, 0.1) is 17.7 Å². The number of carbonyl (C=O) groups excluding carboxylic acids is 3. The van der Waals surface area contributed by atoms with Crippen LogP contribution in [-0.2, 0) is 22.0 Å². The Hall–Kier alpha value is -4.05. The van der Waals surface area contributed by atoms with Crippen molar-refractivity contribution in [1.82, 2.24) is 5.32 Å². The van der Waals surface area contributed by atoms with E-state index < -0.39 is 41.1 Å². The van der Waals surface area contributed by atoms with Gasteiger partial charge < -0.3 is 10.6 Å². The summed E-state index contributed by atoms with van der Waals surface area (Å²) in [4.78, 5) is 38.7. The number of amides is 2. The van der Waals surface area contributed by atoms with Crippen LogP contribution in [0.15, 0.2) is 84.3 Å². The van der Waals surface area contributed by atoms with Crippen molar-refractivity contribution < 1.29 is 31.8 Å². The Kier molecular flexibility index (Phi) is 8.77. The van der Waals surface area contributed by atoms with E-state index in [0.717, 1.165) is 0 Å². The molecule has 0 bridgehead atoms.